The van der Waals surface area contributed by atoms with Crippen LogP contribution in [-0.4, -0.2) is 39.3 Å². The molecule has 0 saturated heterocycles. The summed E-state index contributed by atoms with van der Waals surface area (Å²) in [5, 5.41) is 2.66. The van der Waals surface area contributed by atoms with Gasteiger partial charge in [0.25, 0.3) is 5.91 Å². The number of esters is 1. The molecule has 1 atom stereocenters. The van der Waals surface area contributed by atoms with E-state index in [1.165, 1.54) is 57.7 Å². The van der Waals surface area contributed by atoms with E-state index in [0.29, 0.717) is 23.7 Å². The fourth-order valence-corrected chi connectivity index (χ4v) is 2.47. The Morgan fingerprint density at radius 3 is 2.18 bits per heavy atom. The van der Waals surface area contributed by atoms with E-state index in [0.717, 1.165) is 0 Å². The number of nitrogens with one attached hydrogen (secondary N) is 1. The highest BCUT2D eigenvalue weighted by molar-refractivity contribution is 6.03. The van der Waals surface area contributed by atoms with E-state index in [1.807, 2.05) is 0 Å². The number of benzene rings is 2. The quantitative estimate of drug-likeness (QED) is 0.695. The van der Waals surface area contributed by atoms with Crippen LogP contribution in [0, 0.1) is 5.82 Å². The van der Waals surface area contributed by atoms with Crippen LogP contribution in [0.3, 0.4) is 0 Å². The van der Waals surface area contributed by atoms with E-state index >= 15 is 0 Å². The molecule has 2 rings (SSSR count). The molecule has 0 saturated carbocycles. The maximum absolute atomic E-state index is 13.0. The summed E-state index contributed by atoms with van der Waals surface area (Å²) >= 11 is 0. The molecule has 150 valence electrons. The molecule has 0 heterocycles. The normalized spacial score (nSPS) is 11.3. The lowest BCUT2D eigenvalue weighted by atomic mass is 10.1. The average Bonchev–Trinajstić information content (AvgIpc) is 2.72. The molecular weight excluding hydrogens is 369 g/mol. The Bertz CT molecular complexity index is 837. The second kappa shape index (κ2) is 9.59. The minimum absolute atomic E-state index is 0.102. The van der Waals surface area contributed by atoms with Gasteiger partial charge in [-0.05, 0) is 30.7 Å². The van der Waals surface area contributed by atoms with E-state index in [2.05, 4.69) is 5.32 Å². The fourth-order valence-electron chi connectivity index (χ4n) is 2.47. The molecule has 2 aromatic carbocycles. The Morgan fingerprint density at radius 1 is 1.04 bits per heavy atom. The summed E-state index contributed by atoms with van der Waals surface area (Å²) in [6.07, 6.45) is -0.506. The first kappa shape index (κ1) is 21.0. The van der Waals surface area contributed by atoms with Gasteiger partial charge in [-0.25, -0.2) is 9.18 Å². The zero-order chi connectivity index (χ0) is 20.7. The Morgan fingerprint density at radius 2 is 1.64 bits per heavy atom. The first-order valence-electron chi connectivity index (χ1n) is 8.50. The maximum atomic E-state index is 13.0. The van der Waals surface area contributed by atoms with E-state index < -0.39 is 23.8 Å². The Labute approximate surface area is 162 Å². The molecule has 0 aliphatic rings. The van der Waals surface area contributed by atoms with Crippen LogP contribution in [-0.2, 0) is 9.53 Å². The van der Waals surface area contributed by atoms with Gasteiger partial charge < -0.3 is 24.3 Å². The van der Waals surface area contributed by atoms with Crippen molar-refractivity contribution in [1.29, 1.82) is 0 Å². The molecule has 0 aliphatic carbocycles. The van der Waals surface area contributed by atoms with Crippen LogP contribution in [0.5, 0.6) is 17.2 Å². The van der Waals surface area contributed by atoms with Crippen molar-refractivity contribution in [2.75, 3.05) is 26.6 Å². The first-order valence-corrected chi connectivity index (χ1v) is 8.50. The second-order valence-corrected chi connectivity index (χ2v) is 5.70. The van der Waals surface area contributed by atoms with Gasteiger partial charge in [0.1, 0.15) is 11.6 Å². The number of ether oxygens (including phenoxy) is 4. The van der Waals surface area contributed by atoms with Crippen molar-refractivity contribution in [3.05, 3.63) is 47.8 Å². The molecular formula is C20H22FNO6. The lowest BCUT2D eigenvalue weighted by Crippen LogP contribution is -2.33. The van der Waals surface area contributed by atoms with Crippen LogP contribution in [0.4, 0.5) is 10.1 Å². The van der Waals surface area contributed by atoms with Gasteiger partial charge in [-0.15, -0.1) is 0 Å². The standard InChI is InChI=1S/C20H22FNO6/c1-5-16(28-13-8-6-12(21)7-9-13)19(23)22-15-11-18(26-3)17(25-2)10-14(15)20(24)27-4/h6-11,16H,5H2,1-4H3,(H,22,23)/t16-/m1/s1. The van der Waals surface area contributed by atoms with Gasteiger partial charge in [-0.2, -0.15) is 0 Å². The first-order chi connectivity index (χ1) is 13.4. The SMILES string of the molecule is CC[C@@H](Oc1ccc(F)cc1)C(=O)Nc1cc(OC)c(OC)cc1C(=O)OC. The third-order valence-electron chi connectivity index (χ3n) is 3.94. The van der Waals surface area contributed by atoms with Crippen molar-refractivity contribution in [2.24, 2.45) is 0 Å². The summed E-state index contributed by atoms with van der Waals surface area (Å²) in [5.74, 6) is -0.539. The summed E-state index contributed by atoms with van der Waals surface area (Å²) in [6.45, 7) is 1.77. The second-order valence-electron chi connectivity index (χ2n) is 5.70. The molecule has 8 heteroatoms. The lowest BCUT2D eigenvalue weighted by molar-refractivity contribution is -0.122. The Kier molecular flexibility index (Phi) is 7.20. The van der Waals surface area contributed by atoms with Crippen LogP contribution in [0.25, 0.3) is 0 Å². The molecule has 1 amide bonds. The molecule has 7 nitrogen and oxygen atoms in total. The van der Waals surface area contributed by atoms with Crippen molar-refractivity contribution < 1.29 is 32.9 Å². The molecule has 0 aromatic heterocycles. The number of hydrogen-bond donors (Lipinski definition) is 1. The number of halogens is 1. The lowest BCUT2D eigenvalue weighted by Gasteiger charge is -2.19. The largest absolute Gasteiger partial charge is 0.493 e. The van der Waals surface area contributed by atoms with Crippen LogP contribution in [0.1, 0.15) is 23.7 Å². The summed E-state index contributed by atoms with van der Waals surface area (Å²) < 4.78 is 33.9. The number of carbonyl (C=O) groups is 2. The van der Waals surface area contributed by atoms with Crippen molar-refractivity contribution in [3.8, 4) is 17.2 Å². The van der Waals surface area contributed by atoms with E-state index in [-0.39, 0.29) is 11.3 Å². The number of rotatable bonds is 8. The van der Waals surface area contributed by atoms with Crippen molar-refractivity contribution in [3.63, 3.8) is 0 Å². The predicted octanol–water partition coefficient (Wildman–Crippen LogP) is 3.43. The minimum atomic E-state index is -0.857. The molecule has 0 aliphatic heterocycles. The number of methoxy groups -OCH3 is 3. The summed E-state index contributed by atoms with van der Waals surface area (Å²) in [5.41, 5.74) is 0.292. The highest BCUT2D eigenvalue weighted by Crippen LogP contribution is 2.34. The van der Waals surface area contributed by atoms with Crippen molar-refractivity contribution in [2.45, 2.75) is 19.4 Å². The van der Waals surface area contributed by atoms with Gasteiger partial charge in [-0.1, -0.05) is 6.92 Å². The van der Waals surface area contributed by atoms with E-state index in [9.17, 15) is 14.0 Å². The number of hydrogen-bond acceptors (Lipinski definition) is 6. The molecule has 0 spiro atoms. The van der Waals surface area contributed by atoms with Gasteiger partial charge in [-0.3, -0.25) is 4.79 Å². The molecule has 0 unspecified atom stereocenters. The van der Waals surface area contributed by atoms with Gasteiger partial charge in [0.2, 0.25) is 0 Å². The predicted molar refractivity (Wildman–Crippen MR) is 101 cm³/mol. The van der Waals surface area contributed by atoms with Crippen LogP contribution in [0.2, 0.25) is 0 Å². The topological polar surface area (TPSA) is 83.1 Å². The van der Waals surface area contributed by atoms with Crippen LogP contribution in [0.15, 0.2) is 36.4 Å². The molecule has 0 fully saturated rings. The third kappa shape index (κ3) is 4.91. The van der Waals surface area contributed by atoms with Gasteiger partial charge >= 0.3 is 5.97 Å². The van der Waals surface area contributed by atoms with Crippen molar-refractivity contribution in [1.82, 2.24) is 0 Å². The molecule has 0 bridgehead atoms. The Hall–Kier alpha value is -3.29. The number of anilines is 1. The van der Waals surface area contributed by atoms with Crippen molar-refractivity contribution >= 4 is 17.6 Å². The molecule has 1 N–H and O–H groups in total. The summed E-state index contributed by atoms with van der Waals surface area (Å²) in [7, 11) is 4.10. The summed E-state index contributed by atoms with van der Waals surface area (Å²) in [6, 6.07) is 8.23. The zero-order valence-electron chi connectivity index (χ0n) is 16.1. The van der Waals surface area contributed by atoms with E-state index in [4.69, 9.17) is 18.9 Å². The number of carbonyl (C=O) groups excluding carboxylic acids is 2. The monoisotopic (exact) mass is 391 g/mol. The fraction of sp³-hybridized carbons (Fsp3) is 0.300. The average molecular weight is 391 g/mol. The van der Waals surface area contributed by atoms with Crippen LogP contribution >= 0.6 is 0 Å². The minimum Gasteiger partial charge on any atom is -0.493 e. The van der Waals surface area contributed by atoms with Gasteiger partial charge in [0.05, 0.1) is 32.6 Å². The smallest absolute Gasteiger partial charge is 0.340 e. The van der Waals surface area contributed by atoms with Crippen LogP contribution < -0.4 is 19.5 Å². The summed E-state index contributed by atoms with van der Waals surface area (Å²) in [4.78, 5) is 24.8. The highest BCUT2D eigenvalue weighted by atomic mass is 19.1. The van der Waals surface area contributed by atoms with E-state index in [1.54, 1.807) is 6.92 Å². The maximum Gasteiger partial charge on any atom is 0.340 e. The molecule has 0 radical (unpaired) electrons. The Balaban J connectivity index is 2.29. The van der Waals surface area contributed by atoms with Gasteiger partial charge in [0, 0.05) is 12.1 Å². The number of amides is 1. The molecule has 2 aromatic rings. The zero-order valence-corrected chi connectivity index (χ0v) is 16.1. The van der Waals surface area contributed by atoms with Gasteiger partial charge in [0.15, 0.2) is 17.6 Å². The molecule has 28 heavy (non-hydrogen) atoms. The third-order valence-corrected chi connectivity index (χ3v) is 3.94. The highest BCUT2D eigenvalue weighted by Gasteiger charge is 2.23.